The van der Waals surface area contributed by atoms with Crippen LogP contribution < -0.4 is 61.3 Å². The molecular formula is C127H122N11O12+. The molecule has 756 valence electrons. The lowest BCUT2D eigenvalue weighted by Gasteiger charge is -2.38. The van der Waals surface area contributed by atoms with E-state index in [0.717, 1.165) is 257 Å². The van der Waals surface area contributed by atoms with Gasteiger partial charge in [-0.1, -0.05) is 117 Å². The van der Waals surface area contributed by atoms with Gasteiger partial charge in [0.1, 0.15) is 23.0 Å². The first-order valence-electron chi connectivity index (χ1n) is 52.0. The SMILES string of the molecule is C=C1C=CC=C(CN2CCC3=C(Cc4cc(OC)ccc43)C2=C)C1=O.C=C1c2[nH]c3cc(C)ccc3c2CCN1CC1=CC=CC(=[O+]C)C1=O.COC1=CC2C=C(CN3CCC4=c5ccc(C)cc5=NC4=C3CC3C=C(C)C(=O)C(=C3)CN3CCC4=c5ccc(OC)cc5=NC4=C3C2)C1=O.COc1ccc2c(c1)=NC1=C3Cc4cc(c(O)c(OC)c4)CN4CCC5=c6ccc(C)cc6=NC5=C4Cc4cc(C)c(O)c(c4)CN3CCC=21. The monoisotopic (exact) mass is 1990 g/mol. The molecule has 2 unspecified atom stereocenters. The van der Waals surface area contributed by atoms with Gasteiger partial charge in [0.05, 0.1) is 91.2 Å². The Morgan fingerprint density at radius 3 is 1.47 bits per heavy atom. The minimum Gasteiger partial charge on any atom is -0.507 e. The zero-order chi connectivity index (χ0) is 104. The topological polar surface area (TPSA) is 251 Å². The number of H-pyrrole nitrogens is 1. The van der Waals surface area contributed by atoms with Crippen LogP contribution in [0, 0.1) is 39.5 Å². The van der Waals surface area contributed by atoms with Crippen molar-refractivity contribution in [3.05, 3.63) is 419 Å². The molecule has 0 saturated heterocycles. The summed E-state index contributed by atoms with van der Waals surface area (Å²) in [5.41, 5.74) is 37.1. The highest BCUT2D eigenvalue weighted by Crippen LogP contribution is 2.48. The van der Waals surface area contributed by atoms with Gasteiger partial charge in [-0.05, 0) is 254 Å². The van der Waals surface area contributed by atoms with Crippen molar-refractivity contribution in [2.24, 2.45) is 31.8 Å². The maximum absolute atomic E-state index is 13.9. The summed E-state index contributed by atoms with van der Waals surface area (Å²) in [4.78, 5) is 90.6. The molecule has 9 aromatic rings. The molecule has 12 aliphatic heterocycles. The number of allylic oxidation sites excluding steroid dienone is 22. The number of aromatic nitrogens is 1. The summed E-state index contributed by atoms with van der Waals surface area (Å²) in [7, 11) is 9.77. The van der Waals surface area contributed by atoms with E-state index in [4.69, 9.17) is 48.1 Å². The molecule has 1 aromatic heterocycles. The number of methoxy groups -OCH3 is 5. The Morgan fingerprint density at radius 2 is 0.907 bits per heavy atom. The molecule has 150 heavy (non-hydrogen) atoms. The number of phenolic OH excluding ortho intramolecular Hbond substituents is 2. The fourth-order valence-electron chi connectivity index (χ4n) is 24.8. The summed E-state index contributed by atoms with van der Waals surface area (Å²) in [6.07, 6.45) is 28.2. The van der Waals surface area contributed by atoms with Gasteiger partial charge in [0.25, 0.3) is 12.9 Å². The van der Waals surface area contributed by atoms with Gasteiger partial charge in [-0.2, -0.15) is 0 Å². The summed E-state index contributed by atoms with van der Waals surface area (Å²) in [6, 6.07) is 46.4. The first-order valence-corrected chi connectivity index (χ1v) is 52.0. The van der Waals surface area contributed by atoms with Crippen LogP contribution >= 0.6 is 0 Å². The van der Waals surface area contributed by atoms with Crippen molar-refractivity contribution in [3.63, 3.8) is 0 Å². The van der Waals surface area contributed by atoms with Crippen LogP contribution in [-0.4, -0.2) is 182 Å². The average molecular weight is 1990 g/mol. The van der Waals surface area contributed by atoms with E-state index in [2.05, 4.69) is 190 Å². The van der Waals surface area contributed by atoms with Crippen molar-refractivity contribution in [1.82, 2.24) is 34.4 Å². The number of nitrogens with one attached hydrogen (secondary N) is 1. The van der Waals surface area contributed by atoms with E-state index in [0.29, 0.717) is 93.6 Å². The van der Waals surface area contributed by atoms with Crippen molar-refractivity contribution in [2.75, 3.05) is 108 Å². The predicted octanol–water partition coefficient (Wildman–Crippen LogP) is 14.9. The molecule has 13 heterocycles. The van der Waals surface area contributed by atoms with Crippen LogP contribution in [0.4, 0.5) is 0 Å². The second-order valence-electron chi connectivity index (χ2n) is 41.8. The molecule has 17 aliphatic rings. The second kappa shape index (κ2) is 39.3. The Hall–Kier alpha value is -16.4. The molecule has 8 aromatic carbocycles. The number of hydrogen-bond acceptors (Lipinski definition) is 21. The number of aromatic hydroxyl groups is 2. The number of ketones is 5. The van der Waals surface area contributed by atoms with Gasteiger partial charge in [-0.25, -0.2) is 20.0 Å². The highest BCUT2D eigenvalue weighted by atomic mass is 16.5. The molecule has 3 N–H and O–H groups in total. The largest absolute Gasteiger partial charge is 0.507 e. The molecule has 23 heteroatoms. The molecule has 0 amide bonds. The molecule has 0 radical (unpaired) electrons. The summed E-state index contributed by atoms with van der Waals surface area (Å²) < 4.78 is 33.1. The second-order valence-corrected chi connectivity index (χ2v) is 41.8. The Morgan fingerprint density at radius 1 is 0.427 bits per heavy atom. The first kappa shape index (κ1) is 97.0. The van der Waals surface area contributed by atoms with Crippen molar-refractivity contribution < 1.29 is 57.5 Å². The molecule has 0 spiro atoms. The number of carbonyl (C=O) groups excluding carboxylic acids is 5. The zero-order valence-electron chi connectivity index (χ0n) is 87.0. The van der Waals surface area contributed by atoms with E-state index in [-0.39, 0.29) is 40.7 Å². The number of fused-ring (bicyclic) bond motifs is 23. The number of aryl methyl sites for hydroxylation is 4. The number of aromatic amines is 1. The molecule has 26 rings (SSSR count). The van der Waals surface area contributed by atoms with Gasteiger partial charge < -0.3 is 68.3 Å². The van der Waals surface area contributed by atoms with Crippen LogP contribution in [0.5, 0.6) is 34.5 Å². The number of ether oxygens (including phenoxy) is 5. The molecule has 5 aliphatic carbocycles. The van der Waals surface area contributed by atoms with Crippen molar-refractivity contribution >= 4 is 73.4 Å². The molecule has 8 bridgehead atoms. The van der Waals surface area contributed by atoms with Crippen LogP contribution in [0.1, 0.15) is 119 Å². The van der Waals surface area contributed by atoms with E-state index in [1.807, 2.05) is 80.6 Å². The van der Waals surface area contributed by atoms with Gasteiger partial charge in [0, 0.05) is 227 Å². The average Bonchev–Trinajstić information content (AvgIpc) is 1.59. The van der Waals surface area contributed by atoms with E-state index in [9.17, 15) is 29.4 Å². The standard InChI is InChI=1S/2C42H40N4O4.C22H21NO2.C21H21N2O2/c2*1-23-5-7-30-32-9-12-46-22-28-16-26(19-38(50-4)42(28)48)18-37-40-33(31-8-6-29(49-3)20-35(31)44-40)10-11-45(37)21-27-15-25(14-24(2)41(27)47)17-36(46)39(32)43-34(30)13-23;1-14-5-4-6-16(22(14)24)13-23-10-9-20-19-8-7-18(25-3)11-17(19)12-21(20)15(23)2;1-13-7-8-16-17-9-10-23(14(2)20(17)22-18(16)11-13)12-15-5-4-6-19(25-3)21(15)24/h5-8,13-16,19-20,47-48H,9-12,17-18,21-22H2,1-4H3;5-8,13-16,19-20,25-26H,9-12,17-18,21-22H2,1-4H3;4-8,11H,1-2,9-10,12-13H2,3H3;4-8,11,22H,2,9-10,12H2,1,3H3/q;;;+1. The fraction of sp³-hybridized carbons (Fsp3) is 0.283. The predicted molar refractivity (Wildman–Crippen MR) is 583 cm³/mol. The van der Waals surface area contributed by atoms with Crippen LogP contribution in [-0.2, 0) is 67.1 Å². The minimum absolute atomic E-state index is 0.0183. The van der Waals surface area contributed by atoms with E-state index in [1.165, 1.54) is 89.8 Å². The molecule has 2 atom stereocenters. The number of rotatable bonds is 9. The fourth-order valence-corrected chi connectivity index (χ4v) is 24.8. The van der Waals surface area contributed by atoms with E-state index in [1.54, 1.807) is 47.7 Å². The number of Topliss-reactive ketones (excluding diaryl/α,β-unsaturated/α-hetero) is 4. The van der Waals surface area contributed by atoms with Gasteiger partial charge in [0.2, 0.25) is 5.78 Å². The van der Waals surface area contributed by atoms with Crippen molar-refractivity contribution in [3.8, 4) is 34.5 Å². The van der Waals surface area contributed by atoms with Gasteiger partial charge in [-0.3, -0.25) is 23.6 Å². The van der Waals surface area contributed by atoms with E-state index < -0.39 is 0 Å². The smallest absolute Gasteiger partial charge is 0.390 e. The Balaban J connectivity index is 0.000000115. The third kappa shape index (κ3) is 17.7. The number of benzene rings is 8. The number of hydrogen-bond donors (Lipinski definition) is 3. The number of nitrogens with zero attached hydrogens (tertiary/aromatic N) is 10. The summed E-state index contributed by atoms with van der Waals surface area (Å²) in [6.45, 7) is 30.7. The quantitative estimate of drug-likeness (QED) is 0.0526. The van der Waals surface area contributed by atoms with Crippen molar-refractivity contribution in [1.29, 1.82) is 0 Å². The lowest BCUT2D eigenvalue weighted by Crippen LogP contribution is -2.37. The number of carbonyl (C=O) groups is 4. The molecule has 23 nitrogen and oxygen atoms in total. The Labute approximate surface area is 871 Å². The highest BCUT2D eigenvalue weighted by molar-refractivity contribution is 6.48. The van der Waals surface area contributed by atoms with Crippen LogP contribution in [0.2, 0.25) is 0 Å². The summed E-state index contributed by atoms with van der Waals surface area (Å²) in [5.74, 6) is 4.16. The van der Waals surface area contributed by atoms with Crippen LogP contribution in [0.25, 0.3) is 44.5 Å². The summed E-state index contributed by atoms with van der Waals surface area (Å²) >= 11 is 0. The highest BCUT2D eigenvalue weighted by Gasteiger charge is 2.41. The van der Waals surface area contributed by atoms with Gasteiger partial charge in [-0.15, -0.1) is 0 Å². The maximum Gasteiger partial charge on any atom is 0.390 e. The third-order valence-corrected chi connectivity index (χ3v) is 32.5. The van der Waals surface area contributed by atoms with Crippen LogP contribution in [0.3, 0.4) is 0 Å². The zero-order valence-corrected chi connectivity index (χ0v) is 87.0. The lowest BCUT2D eigenvalue weighted by molar-refractivity contribution is -0.417. The molecular weight excluding hydrogens is 1870 g/mol. The van der Waals surface area contributed by atoms with Gasteiger partial charge >= 0.3 is 5.78 Å². The lowest BCUT2D eigenvalue weighted by atomic mass is 9.84. The molecule has 0 fully saturated rings. The molecule has 0 saturated carbocycles. The summed E-state index contributed by atoms with van der Waals surface area (Å²) in [5, 5.41) is 32.9. The number of phenols is 2. The Kier molecular flexibility index (Phi) is 25.4. The first-order chi connectivity index (χ1) is 72.7. The van der Waals surface area contributed by atoms with E-state index >= 15 is 0 Å². The normalized spacial score (nSPS) is 20.2. The van der Waals surface area contributed by atoms with Gasteiger partial charge in [0.15, 0.2) is 28.8 Å². The third-order valence-electron chi connectivity index (χ3n) is 32.5. The maximum atomic E-state index is 13.9. The Bertz CT molecular complexity index is 8640. The van der Waals surface area contributed by atoms with Crippen molar-refractivity contribution in [2.45, 2.75) is 118 Å². The minimum atomic E-state index is -0.0878. The van der Waals surface area contributed by atoms with Crippen LogP contribution in [0.15, 0.2) is 330 Å².